The Hall–Kier alpha value is -0.930. The van der Waals surface area contributed by atoms with Gasteiger partial charge in [0.25, 0.3) is 0 Å². The van der Waals surface area contributed by atoms with Gasteiger partial charge in [-0.2, -0.15) is 0 Å². The average Bonchev–Trinajstić information content (AvgIpc) is 2.40. The van der Waals surface area contributed by atoms with Crippen molar-refractivity contribution in [3.8, 4) is 0 Å². The minimum atomic E-state index is 0.420. The average molecular weight is 247 g/mol. The van der Waals surface area contributed by atoms with Gasteiger partial charge in [-0.3, -0.25) is 9.88 Å². The molecule has 0 saturated carbocycles. The van der Waals surface area contributed by atoms with Crippen LogP contribution in [0, 0.1) is 0 Å². The Morgan fingerprint density at radius 1 is 1.50 bits per heavy atom. The summed E-state index contributed by atoms with van der Waals surface area (Å²) in [5.41, 5.74) is 1.19. The number of piperidine rings is 1. The zero-order chi connectivity index (χ0) is 13.0. The summed E-state index contributed by atoms with van der Waals surface area (Å²) >= 11 is 0. The lowest BCUT2D eigenvalue weighted by Gasteiger charge is -2.41. The molecule has 2 rings (SSSR count). The summed E-state index contributed by atoms with van der Waals surface area (Å²) < 4.78 is 0. The van der Waals surface area contributed by atoms with Crippen molar-refractivity contribution < 1.29 is 0 Å². The predicted octanol–water partition coefficient (Wildman–Crippen LogP) is 2.61. The van der Waals surface area contributed by atoms with Gasteiger partial charge < -0.3 is 5.32 Å². The van der Waals surface area contributed by atoms with Crippen molar-refractivity contribution in [1.29, 1.82) is 0 Å². The van der Waals surface area contributed by atoms with Crippen molar-refractivity contribution in [3.63, 3.8) is 0 Å². The van der Waals surface area contributed by atoms with Crippen LogP contribution in [0.3, 0.4) is 0 Å². The maximum Gasteiger partial charge on any atom is 0.0572 e. The lowest BCUT2D eigenvalue weighted by atomic mass is 9.96. The molecule has 18 heavy (non-hydrogen) atoms. The highest BCUT2D eigenvalue weighted by Gasteiger charge is 2.29. The molecule has 1 N–H and O–H groups in total. The fourth-order valence-electron chi connectivity index (χ4n) is 3.03. The molecule has 3 unspecified atom stereocenters. The lowest BCUT2D eigenvalue weighted by molar-refractivity contribution is 0.0941. The van der Waals surface area contributed by atoms with Crippen molar-refractivity contribution in [3.05, 3.63) is 30.1 Å². The van der Waals surface area contributed by atoms with Crippen molar-refractivity contribution in [2.75, 3.05) is 13.1 Å². The third-order valence-corrected chi connectivity index (χ3v) is 4.03. The summed E-state index contributed by atoms with van der Waals surface area (Å²) in [6, 6.07) is 7.93. The van der Waals surface area contributed by atoms with Gasteiger partial charge in [0, 0.05) is 30.9 Å². The van der Waals surface area contributed by atoms with E-state index in [1.807, 2.05) is 12.3 Å². The van der Waals surface area contributed by atoms with Crippen LogP contribution in [-0.4, -0.2) is 35.1 Å². The maximum absolute atomic E-state index is 4.49. The van der Waals surface area contributed by atoms with Crippen molar-refractivity contribution in [1.82, 2.24) is 15.2 Å². The Bertz CT molecular complexity index is 352. The number of hydrogen-bond acceptors (Lipinski definition) is 3. The Morgan fingerprint density at radius 2 is 2.33 bits per heavy atom. The Morgan fingerprint density at radius 3 is 2.94 bits per heavy atom. The van der Waals surface area contributed by atoms with Gasteiger partial charge in [-0.1, -0.05) is 13.0 Å². The van der Waals surface area contributed by atoms with Crippen LogP contribution in [0.4, 0.5) is 0 Å². The van der Waals surface area contributed by atoms with E-state index >= 15 is 0 Å². The van der Waals surface area contributed by atoms with E-state index < -0.39 is 0 Å². The lowest BCUT2D eigenvalue weighted by Crippen LogP contribution is -2.48. The van der Waals surface area contributed by atoms with E-state index in [0.717, 1.165) is 13.1 Å². The normalized spacial score (nSPS) is 27.1. The molecule has 1 fully saturated rings. The van der Waals surface area contributed by atoms with Crippen molar-refractivity contribution >= 4 is 0 Å². The van der Waals surface area contributed by atoms with E-state index in [9.17, 15) is 0 Å². The molecule has 1 aromatic heterocycles. The molecule has 0 spiro atoms. The van der Waals surface area contributed by atoms with Gasteiger partial charge in [0.2, 0.25) is 0 Å². The fourth-order valence-corrected chi connectivity index (χ4v) is 3.03. The second kappa shape index (κ2) is 6.30. The predicted molar refractivity (Wildman–Crippen MR) is 75.5 cm³/mol. The topological polar surface area (TPSA) is 28.2 Å². The summed E-state index contributed by atoms with van der Waals surface area (Å²) in [7, 11) is 0. The summed E-state index contributed by atoms with van der Waals surface area (Å²) in [5.74, 6) is 0. The van der Waals surface area contributed by atoms with Gasteiger partial charge in [0.1, 0.15) is 0 Å². The molecule has 1 aliphatic rings. The van der Waals surface area contributed by atoms with Crippen LogP contribution in [-0.2, 0) is 0 Å². The molecule has 0 bridgehead atoms. The molecule has 3 nitrogen and oxygen atoms in total. The Labute approximate surface area is 111 Å². The number of rotatable bonds is 4. The molecule has 0 aromatic carbocycles. The third-order valence-electron chi connectivity index (χ3n) is 4.03. The van der Waals surface area contributed by atoms with E-state index in [1.54, 1.807) is 0 Å². The van der Waals surface area contributed by atoms with Crippen LogP contribution in [0.25, 0.3) is 0 Å². The van der Waals surface area contributed by atoms with Crippen LogP contribution in [0.5, 0.6) is 0 Å². The number of aromatic nitrogens is 1. The molecule has 0 amide bonds. The molecule has 3 heteroatoms. The van der Waals surface area contributed by atoms with Gasteiger partial charge in [0.05, 0.1) is 5.69 Å². The van der Waals surface area contributed by atoms with E-state index in [-0.39, 0.29) is 0 Å². The first-order valence-electron chi connectivity index (χ1n) is 7.12. The van der Waals surface area contributed by atoms with Crippen LogP contribution in [0.1, 0.15) is 45.3 Å². The molecular formula is C15H25N3. The highest BCUT2D eigenvalue weighted by atomic mass is 15.2. The molecule has 3 atom stereocenters. The number of nitrogens with one attached hydrogen (secondary N) is 1. The zero-order valence-corrected chi connectivity index (χ0v) is 11.8. The molecule has 2 heterocycles. The Kier molecular flexibility index (Phi) is 4.72. The summed E-state index contributed by atoms with van der Waals surface area (Å²) in [5, 5.41) is 3.57. The van der Waals surface area contributed by atoms with Gasteiger partial charge >= 0.3 is 0 Å². The van der Waals surface area contributed by atoms with Crippen molar-refractivity contribution in [2.45, 2.75) is 51.7 Å². The second-order valence-corrected chi connectivity index (χ2v) is 5.30. The highest BCUT2D eigenvalue weighted by Crippen LogP contribution is 2.27. The highest BCUT2D eigenvalue weighted by molar-refractivity contribution is 5.08. The van der Waals surface area contributed by atoms with E-state index in [2.05, 4.69) is 48.1 Å². The Balaban J connectivity index is 1.98. The van der Waals surface area contributed by atoms with Crippen molar-refractivity contribution in [2.24, 2.45) is 0 Å². The number of nitrogens with zero attached hydrogens (tertiary/aromatic N) is 2. The van der Waals surface area contributed by atoms with Gasteiger partial charge in [-0.15, -0.1) is 0 Å². The largest absolute Gasteiger partial charge is 0.314 e. The van der Waals surface area contributed by atoms with E-state index in [4.69, 9.17) is 0 Å². The minimum Gasteiger partial charge on any atom is -0.314 e. The van der Waals surface area contributed by atoms with Gasteiger partial charge in [0.15, 0.2) is 0 Å². The summed E-state index contributed by atoms with van der Waals surface area (Å²) in [6.07, 6.45) is 4.38. The fraction of sp³-hybridized carbons (Fsp3) is 0.667. The zero-order valence-electron chi connectivity index (χ0n) is 11.8. The smallest absolute Gasteiger partial charge is 0.0572 e. The maximum atomic E-state index is 4.49. The standard InChI is InChI=1S/C15H25N3/c1-4-16-14-8-10-18(12(2)11-14)13(3)15-7-5-6-9-17-15/h5-7,9,12-14,16H,4,8,10-11H2,1-3H3. The molecule has 1 saturated heterocycles. The monoisotopic (exact) mass is 247 g/mol. The molecule has 0 aliphatic carbocycles. The number of hydrogen-bond donors (Lipinski definition) is 1. The van der Waals surface area contributed by atoms with Crippen LogP contribution in [0.15, 0.2) is 24.4 Å². The molecule has 100 valence electrons. The second-order valence-electron chi connectivity index (χ2n) is 5.30. The number of pyridine rings is 1. The summed E-state index contributed by atoms with van der Waals surface area (Å²) in [4.78, 5) is 7.07. The quantitative estimate of drug-likeness (QED) is 0.886. The number of likely N-dealkylation sites (tertiary alicyclic amines) is 1. The first-order chi connectivity index (χ1) is 8.72. The molecule has 1 aliphatic heterocycles. The van der Waals surface area contributed by atoms with E-state index in [0.29, 0.717) is 18.1 Å². The van der Waals surface area contributed by atoms with Gasteiger partial charge in [-0.05, 0) is 45.4 Å². The molecular weight excluding hydrogens is 222 g/mol. The SMILES string of the molecule is CCNC1CCN(C(C)c2ccccn2)C(C)C1. The molecule has 1 aromatic rings. The van der Waals surface area contributed by atoms with Crippen LogP contribution < -0.4 is 5.32 Å². The minimum absolute atomic E-state index is 0.420. The van der Waals surface area contributed by atoms with E-state index in [1.165, 1.54) is 18.5 Å². The molecule has 0 radical (unpaired) electrons. The summed E-state index contributed by atoms with van der Waals surface area (Å²) in [6.45, 7) is 9.03. The van der Waals surface area contributed by atoms with Gasteiger partial charge in [-0.25, -0.2) is 0 Å². The third kappa shape index (κ3) is 3.09. The first-order valence-corrected chi connectivity index (χ1v) is 7.12. The first kappa shape index (κ1) is 13.5. The van der Waals surface area contributed by atoms with Crippen LogP contribution >= 0.6 is 0 Å². The van der Waals surface area contributed by atoms with Crippen LogP contribution in [0.2, 0.25) is 0 Å².